The highest BCUT2D eigenvalue weighted by Crippen LogP contribution is 2.15. The first kappa shape index (κ1) is 15.2. The van der Waals surface area contributed by atoms with Crippen molar-refractivity contribution in [1.29, 1.82) is 0 Å². The van der Waals surface area contributed by atoms with Gasteiger partial charge in [0.05, 0.1) is 6.61 Å². The molecule has 1 aromatic heterocycles. The highest BCUT2D eigenvalue weighted by molar-refractivity contribution is 5.97. The van der Waals surface area contributed by atoms with Crippen LogP contribution in [0.3, 0.4) is 0 Å². The van der Waals surface area contributed by atoms with Gasteiger partial charge in [0.25, 0.3) is 0 Å². The monoisotopic (exact) mass is 311 g/mol. The van der Waals surface area contributed by atoms with Crippen LogP contribution < -0.4 is 5.32 Å². The van der Waals surface area contributed by atoms with Gasteiger partial charge in [0.15, 0.2) is 0 Å². The second-order valence-electron chi connectivity index (χ2n) is 5.26. The van der Waals surface area contributed by atoms with Crippen molar-refractivity contribution >= 4 is 17.5 Å². The van der Waals surface area contributed by atoms with Crippen molar-refractivity contribution in [3.05, 3.63) is 60.4 Å². The first-order valence-corrected chi connectivity index (χ1v) is 7.36. The van der Waals surface area contributed by atoms with Crippen molar-refractivity contribution in [3.8, 4) is 0 Å². The van der Waals surface area contributed by atoms with Gasteiger partial charge < -0.3 is 15.0 Å². The summed E-state index contributed by atoms with van der Waals surface area (Å²) in [4.78, 5) is 30.2. The summed E-state index contributed by atoms with van der Waals surface area (Å²) in [6, 6.07) is 12.3. The van der Waals surface area contributed by atoms with E-state index in [1.807, 2.05) is 30.3 Å². The molecule has 0 saturated carbocycles. The summed E-state index contributed by atoms with van der Waals surface area (Å²) in [6.45, 7) is 0.582. The second-order valence-corrected chi connectivity index (χ2v) is 5.26. The lowest BCUT2D eigenvalue weighted by molar-refractivity contribution is -0.154. The van der Waals surface area contributed by atoms with Crippen molar-refractivity contribution in [2.75, 3.05) is 18.5 Å². The Balaban J connectivity index is 1.75. The molecule has 1 N–H and O–H groups in total. The maximum atomic E-state index is 12.5. The zero-order valence-electron chi connectivity index (χ0n) is 12.5. The van der Waals surface area contributed by atoms with Crippen molar-refractivity contribution in [2.24, 2.45) is 0 Å². The zero-order chi connectivity index (χ0) is 16.1. The number of aromatic nitrogens is 1. The third-order valence-corrected chi connectivity index (χ3v) is 3.64. The predicted molar refractivity (Wildman–Crippen MR) is 84.5 cm³/mol. The van der Waals surface area contributed by atoms with Crippen LogP contribution in [0.1, 0.15) is 5.56 Å². The number of carbonyl (C=O) groups excluding carboxylic acids is 2. The fourth-order valence-corrected chi connectivity index (χ4v) is 2.46. The minimum atomic E-state index is -0.648. The Bertz CT molecular complexity index is 676. The fraction of sp³-hybridized carbons (Fsp3) is 0.235. The van der Waals surface area contributed by atoms with Gasteiger partial charge >= 0.3 is 0 Å². The Morgan fingerprint density at radius 2 is 1.96 bits per heavy atom. The molecule has 6 nitrogen and oxygen atoms in total. The minimum Gasteiger partial charge on any atom is -0.369 e. The van der Waals surface area contributed by atoms with E-state index in [1.54, 1.807) is 29.4 Å². The van der Waals surface area contributed by atoms with Gasteiger partial charge in [-0.15, -0.1) is 0 Å². The Hall–Kier alpha value is -2.73. The molecule has 2 amide bonds. The van der Waals surface area contributed by atoms with Crippen LogP contribution >= 0.6 is 0 Å². The lowest BCUT2D eigenvalue weighted by Gasteiger charge is -2.34. The Kier molecular flexibility index (Phi) is 4.63. The smallest absolute Gasteiger partial charge is 0.249 e. The number of anilines is 1. The molecule has 1 fully saturated rings. The zero-order valence-corrected chi connectivity index (χ0v) is 12.5. The summed E-state index contributed by atoms with van der Waals surface area (Å²) < 4.78 is 5.26. The molecular formula is C17H17N3O3. The maximum absolute atomic E-state index is 12.5. The number of benzene rings is 1. The molecule has 1 atom stereocenters. The summed E-state index contributed by atoms with van der Waals surface area (Å²) in [6.07, 6.45) is 3.19. The average molecular weight is 311 g/mol. The summed E-state index contributed by atoms with van der Waals surface area (Å²) in [5.74, 6) is -0.449. The van der Waals surface area contributed by atoms with E-state index >= 15 is 0 Å². The number of amides is 2. The Labute approximate surface area is 134 Å². The molecule has 23 heavy (non-hydrogen) atoms. The molecule has 1 aliphatic heterocycles. The van der Waals surface area contributed by atoms with Gasteiger partial charge in [-0.3, -0.25) is 14.6 Å². The van der Waals surface area contributed by atoms with Gasteiger partial charge in [0.1, 0.15) is 12.6 Å². The molecule has 6 heteroatoms. The van der Waals surface area contributed by atoms with Crippen LogP contribution in [0, 0.1) is 0 Å². The molecule has 118 valence electrons. The van der Waals surface area contributed by atoms with E-state index < -0.39 is 6.04 Å². The number of carbonyl (C=O) groups is 2. The molecule has 0 bridgehead atoms. The molecule has 0 unspecified atom stereocenters. The van der Waals surface area contributed by atoms with Gasteiger partial charge in [-0.2, -0.15) is 0 Å². The standard InChI is InChI=1S/C17H17N3O3/c21-16-12-23-11-15(17(22)19-14-6-8-18-9-7-14)20(16)10-13-4-2-1-3-5-13/h1-9,15H,10-12H2,(H,18,19,22)/t15-/m0/s1. The first-order valence-electron chi connectivity index (χ1n) is 7.36. The Morgan fingerprint density at radius 3 is 2.70 bits per heavy atom. The summed E-state index contributed by atoms with van der Waals surface area (Å²) in [5, 5.41) is 2.80. The van der Waals surface area contributed by atoms with E-state index in [-0.39, 0.29) is 25.0 Å². The van der Waals surface area contributed by atoms with E-state index in [0.717, 1.165) is 5.56 Å². The number of ether oxygens (including phenoxy) is 1. The predicted octanol–water partition coefficient (Wildman–Crippen LogP) is 1.45. The van der Waals surface area contributed by atoms with Gasteiger partial charge in [-0.05, 0) is 17.7 Å². The van der Waals surface area contributed by atoms with Crippen LogP contribution in [0.2, 0.25) is 0 Å². The van der Waals surface area contributed by atoms with E-state index in [4.69, 9.17) is 4.74 Å². The molecule has 0 aliphatic carbocycles. The topological polar surface area (TPSA) is 71.5 Å². The average Bonchev–Trinajstić information content (AvgIpc) is 2.58. The fourth-order valence-electron chi connectivity index (χ4n) is 2.46. The molecule has 0 spiro atoms. The van der Waals surface area contributed by atoms with Gasteiger partial charge in [-0.1, -0.05) is 30.3 Å². The normalized spacial score (nSPS) is 17.8. The molecule has 2 aromatic rings. The maximum Gasteiger partial charge on any atom is 0.249 e. The van der Waals surface area contributed by atoms with Crippen LogP contribution in [0.15, 0.2) is 54.9 Å². The number of hydrogen-bond acceptors (Lipinski definition) is 4. The molecule has 1 aliphatic rings. The van der Waals surface area contributed by atoms with E-state index in [0.29, 0.717) is 12.2 Å². The molecule has 2 heterocycles. The van der Waals surface area contributed by atoms with Crippen molar-refractivity contribution in [1.82, 2.24) is 9.88 Å². The number of nitrogens with zero attached hydrogens (tertiary/aromatic N) is 2. The van der Waals surface area contributed by atoms with E-state index in [9.17, 15) is 9.59 Å². The summed E-state index contributed by atoms with van der Waals surface area (Å²) >= 11 is 0. The Morgan fingerprint density at radius 1 is 1.22 bits per heavy atom. The largest absolute Gasteiger partial charge is 0.369 e. The summed E-state index contributed by atoms with van der Waals surface area (Å²) in [5.41, 5.74) is 1.62. The molecule has 1 saturated heterocycles. The lowest BCUT2D eigenvalue weighted by atomic mass is 10.1. The SMILES string of the molecule is O=C(Nc1ccncc1)[C@@H]1COCC(=O)N1Cc1ccccc1. The highest BCUT2D eigenvalue weighted by atomic mass is 16.5. The molecule has 0 radical (unpaired) electrons. The van der Waals surface area contributed by atoms with Crippen LogP contribution in [-0.2, 0) is 20.9 Å². The van der Waals surface area contributed by atoms with Crippen LogP contribution in [-0.4, -0.2) is 41.0 Å². The van der Waals surface area contributed by atoms with Gasteiger partial charge in [0.2, 0.25) is 11.8 Å². The van der Waals surface area contributed by atoms with Gasteiger partial charge in [0, 0.05) is 24.6 Å². The van der Waals surface area contributed by atoms with E-state index in [1.165, 1.54) is 0 Å². The molecular weight excluding hydrogens is 294 g/mol. The summed E-state index contributed by atoms with van der Waals surface area (Å²) in [7, 11) is 0. The van der Waals surface area contributed by atoms with E-state index in [2.05, 4.69) is 10.3 Å². The first-order chi connectivity index (χ1) is 11.2. The number of hydrogen-bond donors (Lipinski definition) is 1. The van der Waals surface area contributed by atoms with Crippen LogP contribution in [0.5, 0.6) is 0 Å². The molecule has 3 rings (SSSR count). The number of nitrogens with one attached hydrogen (secondary N) is 1. The highest BCUT2D eigenvalue weighted by Gasteiger charge is 2.34. The van der Waals surface area contributed by atoms with Crippen molar-refractivity contribution in [3.63, 3.8) is 0 Å². The lowest BCUT2D eigenvalue weighted by Crippen LogP contribution is -2.54. The third-order valence-electron chi connectivity index (χ3n) is 3.64. The number of rotatable bonds is 4. The molecule has 1 aromatic carbocycles. The van der Waals surface area contributed by atoms with Crippen LogP contribution in [0.25, 0.3) is 0 Å². The second kappa shape index (κ2) is 7.02. The van der Waals surface area contributed by atoms with Crippen molar-refractivity contribution in [2.45, 2.75) is 12.6 Å². The van der Waals surface area contributed by atoms with Crippen molar-refractivity contribution < 1.29 is 14.3 Å². The van der Waals surface area contributed by atoms with Crippen LogP contribution in [0.4, 0.5) is 5.69 Å². The number of morpholine rings is 1. The van der Waals surface area contributed by atoms with Gasteiger partial charge in [-0.25, -0.2) is 0 Å². The quantitative estimate of drug-likeness (QED) is 0.927. The third kappa shape index (κ3) is 3.73. The number of pyridine rings is 1. The minimum absolute atomic E-state index is 0.00582.